The van der Waals surface area contributed by atoms with Gasteiger partial charge in [-0.1, -0.05) is 0 Å². The van der Waals surface area contributed by atoms with Crippen LogP contribution in [0.5, 0.6) is 0 Å². The van der Waals surface area contributed by atoms with E-state index in [4.69, 9.17) is 0 Å². The van der Waals surface area contributed by atoms with Crippen molar-refractivity contribution < 1.29 is 0 Å². The van der Waals surface area contributed by atoms with E-state index in [0.717, 1.165) is 50.5 Å². The van der Waals surface area contributed by atoms with Crippen LogP contribution in [-0.4, -0.2) is 52.0 Å². The Labute approximate surface area is 100 Å². The molecule has 3 heterocycles. The van der Waals surface area contributed by atoms with Crippen molar-refractivity contribution >= 4 is 5.65 Å². The fourth-order valence-corrected chi connectivity index (χ4v) is 2.22. The summed E-state index contributed by atoms with van der Waals surface area (Å²) in [6, 6.07) is 1.94. The summed E-state index contributed by atoms with van der Waals surface area (Å²) in [7, 11) is 0. The first-order valence-electron chi connectivity index (χ1n) is 6.12. The number of rotatable bonds is 3. The summed E-state index contributed by atoms with van der Waals surface area (Å²) in [6.45, 7) is 5.60. The van der Waals surface area contributed by atoms with Crippen LogP contribution >= 0.6 is 0 Å². The summed E-state index contributed by atoms with van der Waals surface area (Å²) < 4.78 is 1.98. The number of imidazole rings is 1. The second kappa shape index (κ2) is 4.81. The summed E-state index contributed by atoms with van der Waals surface area (Å²) in [5.74, 6) is 0. The van der Waals surface area contributed by atoms with E-state index < -0.39 is 0 Å². The molecule has 1 N–H and O–H groups in total. The molecule has 3 rings (SSSR count). The maximum absolute atomic E-state index is 4.58. The first-order chi connectivity index (χ1) is 8.42. The Hall–Kier alpha value is -1.46. The minimum absolute atomic E-state index is 0.982. The molecule has 5 heteroatoms. The normalized spacial score (nSPS) is 17.6. The van der Waals surface area contributed by atoms with Gasteiger partial charge in [-0.15, -0.1) is 0 Å². The fraction of sp³-hybridized carbons (Fsp3) is 0.500. The first-order valence-corrected chi connectivity index (χ1v) is 6.12. The lowest BCUT2D eigenvalue weighted by molar-refractivity contribution is 0.243. The lowest BCUT2D eigenvalue weighted by Gasteiger charge is -2.26. The molecular weight excluding hydrogens is 214 g/mol. The van der Waals surface area contributed by atoms with Crippen molar-refractivity contribution in [2.45, 2.75) is 6.42 Å². The van der Waals surface area contributed by atoms with Gasteiger partial charge in [-0.2, -0.15) is 0 Å². The SMILES string of the molecule is c1cc2nc(CCN3CCNCC3)cn2cn1. The Kier molecular flexibility index (Phi) is 3.02. The summed E-state index contributed by atoms with van der Waals surface area (Å²) in [6.07, 6.45) is 6.67. The standard InChI is InChI=1S/C12H17N5/c1-3-14-10-17-9-11(15-12(1)17)2-6-16-7-4-13-5-8-16/h1,3,9-10,13H,2,4-8H2. The molecule has 17 heavy (non-hydrogen) atoms. The Morgan fingerprint density at radius 1 is 1.29 bits per heavy atom. The van der Waals surface area contributed by atoms with Crippen molar-refractivity contribution in [3.8, 4) is 0 Å². The van der Waals surface area contributed by atoms with E-state index in [1.807, 2.05) is 10.5 Å². The third kappa shape index (κ3) is 2.45. The molecule has 2 aromatic rings. The second-order valence-electron chi connectivity index (χ2n) is 4.42. The summed E-state index contributed by atoms with van der Waals surface area (Å²) in [5.41, 5.74) is 2.13. The van der Waals surface area contributed by atoms with E-state index in [2.05, 4.69) is 26.4 Å². The summed E-state index contributed by atoms with van der Waals surface area (Å²) in [4.78, 5) is 11.1. The quantitative estimate of drug-likeness (QED) is 0.818. The molecule has 0 saturated carbocycles. The zero-order valence-corrected chi connectivity index (χ0v) is 9.84. The van der Waals surface area contributed by atoms with E-state index in [-0.39, 0.29) is 0 Å². The second-order valence-corrected chi connectivity index (χ2v) is 4.42. The van der Waals surface area contributed by atoms with Crippen molar-refractivity contribution in [3.05, 3.63) is 30.5 Å². The number of aromatic nitrogens is 3. The third-order valence-corrected chi connectivity index (χ3v) is 3.21. The van der Waals surface area contributed by atoms with Crippen LogP contribution in [0, 0.1) is 0 Å². The smallest absolute Gasteiger partial charge is 0.139 e. The number of hydrogen-bond donors (Lipinski definition) is 1. The van der Waals surface area contributed by atoms with Gasteiger partial charge in [0, 0.05) is 51.5 Å². The van der Waals surface area contributed by atoms with Gasteiger partial charge in [-0.25, -0.2) is 9.97 Å². The van der Waals surface area contributed by atoms with Crippen LogP contribution in [-0.2, 0) is 6.42 Å². The highest BCUT2D eigenvalue weighted by Crippen LogP contribution is 2.05. The minimum atomic E-state index is 0.982. The number of nitrogens with one attached hydrogen (secondary N) is 1. The largest absolute Gasteiger partial charge is 0.314 e. The van der Waals surface area contributed by atoms with Crippen LogP contribution in [0.15, 0.2) is 24.8 Å². The van der Waals surface area contributed by atoms with Gasteiger partial charge in [0.1, 0.15) is 12.0 Å². The van der Waals surface area contributed by atoms with Crippen LogP contribution in [0.2, 0.25) is 0 Å². The Morgan fingerprint density at radius 3 is 3.00 bits per heavy atom. The van der Waals surface area contributed by atoms with Crippen molar-refractivity contribution in [2.24, 2.45) is 0 Å². The molecule has 0 radical (unpaired) electrons. The fourth-order valence-electron chi connectivity index (χ4n) is 2.22. The van der Waals surface area contributed by atoms with E-state index in [9.17, 15) is 0 Å². The highest BCUT2D eigenvalue weighted by molar-refractivity contribution is 5.37. The molecule has 1 aliphatic rings. The van der Waals surface area contributed by atoms with Gasteiger partial charge >= 0.3 is 0 Å². The molecule has 0 aromatic carbocycles. The van der Waals surface area contributed by atoms with Crippen molar-refractivity contribution in [1.29, 1.82) is 0 Å². The molecule has 1 aliphatic heterocycles. The number of nitrogens with zero attached hydrogens (tertiary/aromatic N) is 4. The molecule has 0 unspecified atom stereocenters. The highest BCUT2D eigenvalue weighted by Gasteiger charge is 2.10. The molecule has 1 saturated heterocycles. The number of piperazine rings is 1. The van der Waals surface area contributed by atoms with E-state index in [1.165, 1.54) is 0 Å². The first kappa shape index (κ1) is 10.7. The molecule has 90 valence electrons. The van der Waals surface area contributed by atoms with Gasteiger partial charge in [0.25, 0.3) is 0 Å². The predicted molar refractivity (Wildman–Crippen MR) is 66.0 cm³/mol. The molecule has 1 fully saturated rings. The van der Waals surface area contributed by atoms with Gasteiger partial charge in [0.05, 0.1) is 5.69 Å². The van der Waals surface area contributed by atoms with E-state index in [1.54, 1.807) is 12.5 Å². The Morgan fingerprint density at radius 2 is 2.18 bits per heavy atom. The third-order valence-electron chi connectivity index (χ3n) is 3.21. The van der Waals surface area contributed by atoms with E-state index >= 15 is 0 Å². The monoisotopic (exact) mass is 231 g/mol. The lowest BCUT2D eigenvalue weighted by Crippen LogP contribution is -2.44. The molecular formula is C12H17N5. The van der Waals surface area contributed by atoms with Crippen molar-refractivity contribution in [2.75, 3.05) is 32.7 Å². The van der Waals surface area contributed by atoms with Gasteiger partial charge in [0.2, 0.25) is 0 Å². The summed E-state index contributed by atoms with van der Waals surface area (Å²) in [5, 5.41) is 3.36. The molecule has 0 amide bonds. The average molecular weight is 231 g/mol. The zero-order chi connectivity index (χ0) is 11.5. The van der Waals surface area contributed by atoms with Crippen molar-refractivity contribution in [3.63, 3.8) is 0 Å². The zero-order valence-electron chi connectivity index (χ0n) is 9.84. The van der Waals surface area contributed by atoms with Gasteiger partial charge in [-0.3, -0.25) is 4.40 Å². The van der Waals surface area contributed by atoms with Gasteiger partial charge in [0.15, 0.2) is 0 Å². The maximum Gasteiger partial charge on any atom is 0.139 e. The topological polar surface area (TPSA) is 45.5 Å². The van der Waals surface area contributed by atoms with Crippen molar-refractivity contribution in [1.82, 2.24) is 24.6 Å². The van der Waals surface area contributed by atoms with Crippen LogP contribution in [0.3, 0.4) is 0 Å². The summed E-state index contributed by atoms with van der Waals surface area (Å²) >= 11 is 0. The van der Waals surface area contributed by atoms with Crippen LogP contribution in [0.1, 0.15) is 5.69 Å². The molecule has 0 bridgehead atoms. The predicted octanol–water partition coefficient (Wildman–Crippen LogP) is 0.177. The minimum Gasteiger partial charge on any atom is -0.314 e. The Balaban J connectivity index is 1.64. The number of fused-ring (bicyclic) bond motifs is 1. The van der Waals surface area contributed by atoms with Crippen LogP contribution in [0.4, 0.5) is 0 Å². The maximum atomic E-state index is 4.58. The van der Waals surface area contributed by atoms with Gasteiger partial charge in [-0.05, 0) is 6.07 Å². The molecule has 0 atom stereocenters. The highest BCUT2D eigenvalue weighted by atomic mass is 15.2. The molecule has 0 spiro atoms. The van der Waals surface area contributed by atoms with E-state index in [0.29, 0.717) is 0 Å². The average Bonchev–Trinajstić information content (AvgIpc) is 2.80. The van der Waals surface area contributed by atoms with Gasteiger partial charge < -0.3 is 10.2 Å². The lowest BCUT2D eigenvalue weighted by atomic mass is 10.3. The molecule has 5 nitrogen and oxygen atoms in total. The molecule has 0 aliphatic carbocycles. The molecule has 2 aromatic heterocycles. The Bertz CT molecular complexity index is 453. The number of hydrogen-bond acceptors (Lipinski definition) is 4. The van der Waals surface area contributed by atoms with Crippen LogP contribution in [0.25, 0.3) is 5.65 Å². The van der Waals surface area contributed by atoms with Crippen LogP contribution < -0.4 is 5.32 Å².